The van der Waals surface area contributed by atoms with Crippen molar-refractivity contribution < 1.29 is 32.4 Å². The fourth-order valence-corrected chi connectivity index (χ4v) is 3.73. The molecular formula is C23H22F3N5O5. The van der Waals surface area contributed by atoms with Crippen LogP contribution in [0.1, 0.15) is 15.9 Å². The van der Waals surface area contributed by atoms with Crippen LogP contribution in [0.5, 0.6) is 11.8 Å². The number of nitrogens with zero attached hydrogens (tertiary/aromatic N) is 5. The van der Waals surface area contributed by atoms with Gasteiger partial charge in [0.2, 0.25) is 0 Å². The summed E-state index contributed by atoms with van der Waals surface area (Å²) in [6.45, 7) is 2.60. The highest BCUT2D eigenvalue weighted by Gasteiger charge is 2.31. The zero-order valence-corrected chi connectivity index (χ0v) is 19.1. The van der Waals surface area contributed by atoms with E-state index in [1.807, 2.05) is 12.1 Å². The van der Waals surface area contributed by atoms with Gasteiger partial charge in [0.1, 0.15) is 18.6 Å². The number of hydrogen-bond acceptors (Lipinski definition) is 7. The first-order valence-corrected chi connectivity index (χ1v) is 10.9. The molecule has 2 heterocycles. The van der Waals surface area contributed by atoms with Crippen LogP contribution in [0, 0.1) is 10.1 Å². The summed E-state index contributed by atoms with van der Waals surface area (Å²) in [5.74, 6) is -0.942. The van der Waals surface area contributed by atoms with E-state index in [4.69, 9.17) is 4.74 Å². The quantitative estimate of drug-likeness (QED) is 0.370. The largest absolute Gasteiger partial charge is 0.573 e. The third-order valence-electron chi connectivity index (χ3n) is 5.58. The second-order valence-electron chi connectivity index (χ2n) is 8.06. The van der Waals surface area contributed by atoms with Gasteiger partial charge in [-0.2, -0.15) is 0 Å². The van der Waals surface area contributed by atoms with Crippen molar-refractivity contribution in [1.29, 1.82) is 0 Å². The van der Waals surface area contributed by atoms with Gasteiger partial charge < -0.3 is 24.5 Å². The molecule has 13 heteroatoms. The number of ether oxygens (including phenoxy) is 2. The molecule has 0 saturated heterocycles. The Labute approximate surface area is 203 Å². The fraction of sp³-hybridized carbons (Fsp3) is 0.304. The number of aromatic nitrogens is 2. The summed E-state index contributed by atoms with van der Waals surface area (Å²) < 4.78 is 48.0. The van der Waals surface area contributed by atoms with Crippen LogP contribution in [-0.2, 0) is 13.1 Å². The van der Waals surface area contributed by atoms with Crippen LogP contribution < -0.4 is 14.4 Å². The highest BCUT2D eigenvalue weighted by Crippen LogP contribution is 2.26. The zero-order chi connectivity index (χ0) is 25.9. The number of anilines is 1. The van der Waals surface area contributed by atoms with E-state index < -0.39 is 11.3 Å². The minimum Gasteiger partial charge on any atom is -0.444 e. The maximum atomic E-state index is 12.8. The number of carbonyl (C=O) groups is 1. The van der Waals surface area contributed by atoms with Crippen LogP contribution in [0.15, 0.2) is 54.7 Å². The van der Waals surface area contributed by atoms with Gasteiger partial charge in [-0.25, -0.2) is 0 Å². The lowest BCUT2D eigenvalue weighted by Gasteiger charge is -2.24. The zero-order valence-electron chi connectivity index (χ0n) is 19.1. The van der Waals surface area contributed by atoms with E-state index in [0.717, 1.165) is 17.7 Å². The molecule has 1 aromatic heterocycles. The number of carbonyl (C=O) groups excluding carboxylic acids is 1. The van der Waals surface area contributed by atoms with E-state index in [2.05, 4.69) is 14.6 Å². The van der Waals surface area contributed by atoms with E-state index in [9.17, 15) is 28.1 Å². The molecule has 0 spiro atoms. The highest BCUT2D eigenvalue weighted by molar-refractivity contribution is 6.05. The summed E-state index contributed by atoms with van der Waals surface area (Å²) in [5, 5.41) is 10.9. The predicted molar refractivity (Wildman–Crippen MR) is 122 cm³/mol. The molecule has 0 atom stereocenters. The van der Waals surface area contributed by atoms with Gasteiger partial charge in [0.25, 0.3) is 5.91 Å². The number of alkyl halides is 3. The second kappa shape index (κ2) is 10.2. The number of imidazole rings is 1. The lowest BCUT2D eigenvalue weighted by molar-refractivity contribution is -0.389. The second-order valence-corrected chi connectivity index (χ2v) is 8.06. The number of amides is 1. The Morgan fingerprint density at radius 2 is 1.83 bits per heavy atom. The van der Waals surface area contributed by atoms with Crippen LogP contribution in [0.2, 0.25) is 0 Å². The van der Waals surface area contributed by atoms with Crippen molar-refractivity contribution in [2.75, 3.05) is 31.6 Å². The molecule has 0 fully saturated rings. The number of halogens is 3. The number of hydrogen-bond donors (Lipinski definition) is 0. The van der Waals surface area contributed by atoms with Gasteiger partial charge in [0, 0.05) is 49.5 Å². The van der Waals surface area contributed by atoms with Crippen molar-refractivity contribution in [3.8, 4) is 11.8 Å². The third kappa shape index (κ3) is 6.10. The standard InChI is InChI=1S/C23H22F3N5O5/c1-28(18-6-8-19(9-7-18)36-23(24,25)26)21(32)17-4-2-16(3-5-17)14-29-10-11-30-15-20(31(33)34)27-22(30)35-13-12-29/h2-9,15H,10-14H2,1H3. The Kier molecular flexibility index (Phi) is 7.10. The monoisotopic (exact) mass is 505 g/mol. The highest BCUT2D eigenvalue weighted by atomic mass is 19.4. The molecule has 0 unspecified atom stereocenters. The molecule has 0 bridgehead atoms. The van der Waals surface area contributed by atoms with Crippen LogP contribution in [0.3, 0.4) is 0 Å². The first kappa shape index (κ1) is 25.0. The lowest BCUT2D eigenvalue weighted by Crippen LogP contribution is -2.33. The Hall–Kier alpha value is -4.13. The van der Waals surface area contributed by atoms with Crippen LogP contribution in [0.4, 0.5) is 24.7 Å². The molecule has 190 valence electrons. The van der Waals surface area contributed by atoms with Crippen LogP contribution >= 0.6 is 0 Å². The van der Waals surface area contributed by atoms with Gasteiger partial charge in [-0.1, -0.05) is 12.1 Å². The van der Waals surface area contributed by atoms with E-state index in [1.54, 1.807) is 16.7 Å². The number of nitro groups is 1. The summed E-state index contributed by atoms with van der Waals surface area (Å²) in [6, 6.07) is 12.3. The van der Waals surface area contributed by atoms with Crippen molar-refractivity contribution in [2.24, 2.45) is 0 Å². The number of rotatable bonds is 6. The predicted octanol–water partition coefficient (Wildman–Crippen LogP) is 3.86. The molecule has 0 aliphatic carbocycles. The van der Waals surface area contributed by atoms with Gasteiger partial charge in [0.15, 0.2) is 0 Å². The number of fused-ring (bicyclic) bond motifs is 1. The van der Waals surface area contributed by atoms with Crippen molar-refractivity contribution in [3.63, 3.8) is 0 Å². The fourth-order valence-electron chi connectivity index (χ4n) is 3.73. The topological polar surface area (TPSA) is 103 Å². The minimum atomic E-state index is -4.78. The van der Waals surface area contributed by atoms with Gasteiger partial charge in [0.05, 0.1) is 0 Å². The molecule has 1 aliphatic heterocycles. The van der Waals surface area contributed by atoms with Crippen molar-refractivity contribution in [1.82, 2.24) is 14.5 Å². The molecule has 0 N–H and O–H groups in total. The molecule has 36 heavy (non-hydrogen) atoms. The summed E-state index contributed by atoms with van der Waals surface area (Å²) in [5.41, 5.74) is 1.79. The Bertz CT molecular complexity index is 1230. The number of benzene rings is 2. The average molecular weight is 505 g/mol. The SMILES string of the molecule is CN(C(=O)c1ccc(CN2CCOc3nc([N+](=O)[O-])cn3CC2)cc1)c1ccc(OC(F)(F)F)cc1. The third-order valence-corrected chi connectivity index (χ3v) is 5.58. The van der Waals surface area contributed by atoms with Crippen LogP contribution in [-0.4, -0.2) is 58.4 Å². The molecule has 0 radical (unpaired) electrons. The molecule has 4 rings (SSSR count). The van der Waals surface area contributed by atoms with Crippen LogP contribution in [0.25, 0.3) is 0 Å². The molecule has 3 aromatic rings. The van der Waals surface area contributed by atoms with E-state index >= 15 is 0 Å². The summed E-state index contributed by atoms with van der Waals surface area (Å²) >= 11 is 0. The summed E-state index contributed by atoms with van der Waals surface area (Å²) in [4.78, 5) is 30.6. The molecule has 2 aromatic carbocycles. The maximum Gasteiger partial charge on any atom is 0.573 e. The maximum absolute atomic E-state index is 12.8. The first-order chi connectivity index (χ1) is 17.1. The lowest BCUT2D eigenvalue weighted by atomic mass is 10.1. The molecule has 0 saturated carbocycles. The van der Waals surface area contributed by atoms with Gasteiger partial charge >= 0.3 is 18.2 Å². The van der Waals surface area contributed by atoms with E-state index in [1.165, 1.54) is 30.3 Å². The molecule has 1 aliphatic rings. The van der Waals surface area contributed by atoms with E-state index in [-0.39, 0.29) is 23.5 Å². The summed E-state index contributed by atoms with van der Waals surface area (Å²) in [6.07, 6.45) is -3.43. The molecule has 10 nitrogen and oxygen atoms in total. The Balaban J connectivity index is 1.35. The molecular weight excluding hydrogens is 483 g/mol. The van der Waals surface area contributed by atoms with Crippen molar-refractivity contribution >= 4 is 17.4 Å². The molecule has 1 amide bonds. The smallest absolute Gasteiger partial charge is 0.444 e. The van der Waals surface area contributed by atoms with Gasteiger partial charge in [-0.15, -0.1) is 13.2 Å². The Morgan fingerprint density at radius 3 is 2.47 bits per heavy atom. The van der Waals surface area contributed by atoms with Gasteiger partial charge in [-0.3, -0.25) is 14.3 Å². The van der Waals surface area contributed by atoms with Crippen molar-refractivity contribution in [2.45, 2.75) is 19.5 Å². The average Bonchev–Trinajstić information content (AvgIpc) is 3.22. The first-order valence-electron chi connectivity index (χ1n) is 10.9. The normalized spacial score (nSPS) is 14.2. The minimum absolute atomic E-state index is 0.232. The van der Waals surface area contributed by atoms with E-state index in [0.29, 0.717) is 44.0 Å². The van der Waals surface area contributed by atoms with Crippen molar-refractivity contribution in [3.05, 3.63) is 76.0 Å². The Morgan fingerprint density at radius 1 is 1.14 bits per heavy atom. The summed E-state index contributed by atoms with van der Waals surface area (Å²) in [7, 11) is 1.53. The van der Waals surface area contributed by atoms with Gasteiger partial charge in [-0.05, 0) is 46.9 Å².